The van der Waals surface area contributed by atoms with Crippen LogP contribution in [0.3, 0.4) is 0 Å². The van der Waals surface area contributed by atoms with Gasteiger partial charge >= 0.3 is 0 Å². The summed E-state index contributed by atoms with van der Waals surface area (Å²) in [5, 5.41) is 5.10. The maximum absolute atomic E-state index is 2.48. The topological polar surface area (TPSA) is 8.17 Å². The molecule has 2 aromatic heterocycles. The minimum Gasteiger partial charge on any atom is -0.310 e. The molecule has 2 aliphatic carbocycles. The normalized spacial score (nSPS) is 12.8. The van der Waals surface area contributed by atoms with Gasteiger partial charge in [0, 0.05) is 48.0 Å². The van der Waals surface area contributed by atoms with Gasteiger partial charge in [-0.25, -0.2) is 0 Å². The molecule has 0 unspecified atom stereocenters. The van der Waals surface area contributed by atoms with Crippen molar-refractivity contribution in [2.75, 3.05) is 4.90 Å². The van der Waals surface area contributed by atoms with Crippen LogP contribution in [0, 0.1) is 0 Å². The lowest BCUT2D eigenvalue weighted by atomic mass is 9.70. The molecule has 76 heavy (non-hydrogen) atoms. The first kappa shape index (κ1) is 42.9. The number of para-hydroxylation sites is 1. The molecule has 0 atom stereocenters. The Balaban J connectivity index is 0.828. The lowest BCUT2D eigenvalue weighted by Crippen LogP contribution is -2.26. The molecule has 0 radical (unpaired) electrons. The standard InChI is InChI=1S/C73H46N2S/c1-2-17-47(18-3-1)48-33-38-51(39-34-48)74(53-42-43-59-58-23-8-13-28-65(58)73(66(59)46-53)63-26-11-6-21-56(63)57-22-7-12-27-64(57)73)52-40-35-49(36-41-52)54-19-4-5-20-55(54)50-37-44-68-62(45-50)60-24-9-14-29-67(60)75(68)69-30-16-32-71-72(69)61-25-10-15-31-70(61)76-71/h1-46H. The second-order valence-corrected chi connectivity index (χ2v) is 21.4. The van der Waals surface area contributed by atoms with E-state index < -0.39 is 5.41 Å². The number of benzene rings is 12. The fraction of sp³-hybridized carbons (Fsp3) is 0.0137. The Morgan fingerprint density at radius 2 is 0.776 bits per heavy atom. The average Bonchev–Trinajstić information content (AvgIpc) is 4.37. The number of nitrogens with zero attached hydrogens (tertiary/aromatic N) is 2. The van der Waals surface area contributed by atoms with E-state index in [1.807, 2.05) is 11.3 Å². The van der Waals surface area contributed by atoms with Gasteiger partial charge in [-0.05, 0) is 151 Å². The first-order chi connectivity index (χ1) is 37.7. The number of fused-ring (bicyclic) bond motifs is 16. The zero-order valence-electron chi connectivity index (χ0n) is 41.4. The van der Waals surface area contributed by atoms with Crippen LogP contribution in [0.25, 0.3) is 103 Å². The highest BCUT2D eigenvalue weighted by Crippen LogP contribution is 2.63. The highest BCUT2D eigenvalue weighted by atomic mass is 32.1. The molecule has 16 rings (SSSR count). The van der Waals surface area contributed by atoms with E-state index in [9.17, 15) is 0 Å². The second kappa shape index (κ2) is 16.7. The second-order valence-electron chi connectivity index (χ2n) is 20.3. The molecule has 0 N–H and O–H groups in total. The minimum atomic E-state index is -0.448. The van der Waals surface area contributed by atoms with Crippen molar-refractivity contribution in [2.45, 2.75) is 5.41 Å². The van der Waals surface area contributed by atoms with Gasteiger partial charge in [0.25, 0.3) is 0 Å². The van der Waals surface area contributed by atoms with Crippen LogP contribution in [0.4, 0.5) is 17.1 Å². The van der Waals surface area contributed by atoms with E-state index >= 15 is 0 Å². The van der Waals surface area contributed by atoms with Gasteiger partial charge in [-0.1, -0.05) is 206 Å². The van der Waals surface area contributed by atoms with Gasteiger partial charge in [0.2, 0.25) is 0 Å². The summed E-state index contributed by atoms with van der Waals surface area (Å²) in [6, 6.07) is 104. The lowest BCUT2D eigenvalue weighted by molar-refractivity contribution is 0.793. The van der Waals surface area contributed by atoms with Gasteiger partial charge in [0.05, 0.1) is 22.1 Å². The molecular weight excluding hydrogens is 937 g/mol. The fourth-order valence-corrected chi connectivity index (χ4v) is 14.3. The third kappa shape index (κ3) is 6.21. The smallest absolute Gasteiger partial charge is 0.0726 e. The van der Waals surface area contributed by atoms with Crippen LogP contribution in [0.1, 0.15) is 22.3 Å². The quantitative estimate of drug-likeness (QED) is 0.154. The van der Waals surface area contributed by atoms with Crippen molar-refractivity contribution in [3.05, 3.63) is 301 Å². The molecule has 0 aliphatic heterocycles. The van der Waals surface area contributed by atoms with E-state index in [1.54, 1.807) is 0 Å². The van der Waals surface area contributed by atoms with Crippen molar-refractivity contribution in [2.24, 2.45) is 0 Å². The average molecular weight is 983 g/mol. The largest absolute Gasteiger partial charge is 0.310 e. The third-order valence-electron chi connectivity index (χ3n) is 16.4. The molecule has 0 amide bonds. The van der Waals surface area contributed by atoms with E-state index in [-0.39, 0.29) is 0 Å². The molecule has 0 bridgehead atoms. The van der Waals surface area contributed by atoms with Gasteiger partial charge in [-0.2, -0.15) is 0 Å². The molecule has 0 fully saturated rings. The molecule has 354 valence electrons. The summed E-state index contributed by atoms with van der Waals surface area (Å²) in [5.41, 5.74) is 24.2. The molecule has 3 heteroatoms. The number of aromatic nitrogens is 1. The van der Waals surface area contributed by atoms with Crippen LogP contribution in [-0.4, -0.2) is 4.57 Å². The Morgan fingerprint density at radius 3 is 1.46 bits per heavy atom. The first-order valence-corrected chi connectivity index (χ1v) is 27.1. The minimum absolute atomic E-state index is 0.448. The van der Waals surface area contributed by atoms with Crippen LogP contribution < -0.4 is 4.90 Å². The lowest BCUT2D eigenvalue weighted by Gasteiger charge is -2.32. The van der Waals surface area contributed by atoms with Gasteiger partial charge in [0.1, 0.15) is 0 Å². The summed E-state index contributed by atoms with van der Waals surface area (Å²) >= 11 is 1.87. The van der Waals surface area contributed by atoms with E-state index in [2.05, 4.69) is 289 Å². The highest BCUT2D eigenvalue weighted by Gasteiger charge is 2.51. The van der Waals surface area contributed by atoms with E-state index in [0.29, 0.717) is 0 Å². The molecule has 2 nitrogen and oxygen atoms in total. The van der Waals surface area contributed by atoms with Crippen molar-refractivity contribution in [3.8, 4) is 61.3 Å². The summed E-state index contributed by atoms with van der Waals surface area (Å²) in [6.45, 7) is 0. The van der Waals surface area contributed by atoms with Crippen LogP contribution in [0.5, 0.6) is 0 Å². The molecular formula is C73H46N2S. The van der Waals surface area contributed by atoms with Crippen molar-refractivity contribution < 1.29 is 0 Å². The number of thiophene rings is 1. The number of hydrogen-bond acceptors (Lipinski definition) is 2. The summed E-state index contributed by atoms with van der Waals surface area (Å²) in [4.78, 5) is 2.44. The zero-order chi connectivity index (χ0) is 49.9. The maximum atomic E-state index is 2.48. The predicted molar refractivity (Wildman–Crippen MR) is 321 cm³/mol. The molecule has 0 saturated heterocycles. The monoisotopic (exact) mass is 982 g/mol. The molecule has 0 saturated carbocycles. The van der Waals surface area contributed by atoms with Gasteiger partial charge in [-0.3, -0.25) is 0 Å². The van der Waals surface area contributed by atoms with E-state index in [4.69, 9.17) is 0 Å². The summed E-state index contributed by atoms with van der Waals surface area (Å²) in [5.74, 6) is 0. The van der Waals surface area contributed by atoms with Gasteiger partial charge in [-0.15, -0.1) is 11.3 Å². The number of rotatable bonds is 7. The Hall–Kier alpha value is -9.54. The van der Waals surface area contributed by atoms with Crippen LogP contribution in [0.2, 0.25) is 0 Å². The third-order valence-corrected chi connectivity index (χ3v) is 17.6. The fourth-order valence-electron chi connectivity index (χ4n) is 13.2. The van der Waals surface area contributed by atoms with Gasteiger partial charge < -0.3 is 9.47 Å². The number of hydrogen-bond donors (Lipinski definition) is 0. The Labute approximate surface area is 445 Å². The Bertz CT molecular complexity index is 4570. The van der Waals surface area contributed by atoms with Crippen molar-refractivity contribution in [3.63, 3.8) is 0 Å². The van der Waals surface area contributed by atoms with Crippen LogP contribution in [-0.2, 0) is 5.41 Å². The van der Waals surface area contributed by atoms with Gasteiger partial charge in [0.15, 0.2) is 0 Å². The highest BCUT2D eigenvalue weighted by molar-refractivity contribution is 7.25. The Kier molecular flexibility index (Phi) is 9.45. The molecule has 2 aliphatic rings. The zero-order valence-corrected chi connectivity index (χ0v) is 42.2. The van der Waals surface area contributed by atoms with Crippen molar-refractivity contribution in [1.82, 2.24) is 4.57 Å². The predicted octanol–water partition coefficient (Wildman–Crippen LogP) is 20.0. The molecule has 14 aromatic rings. The molecule has 2 heterocycles. The number of anilines is 3. The van der Waals surface area contributed by atoms with Crippen LogP contribution in [0.15, 0.2) is 279 Å². The van der Waals surface area contributed by atoms with Crippen molar-refractivity contribution in [1.29, 1.82) is 0 Å². The molecule has 12 aromatic carbocycles. The summed E-state index contributed by atoms with van der Waals surface area (Å²) in [6.07, 6.45) is 0. The Morgan fingerprint density at radius 1 is 0.289 bits per heavy atom. The SMILES string of the molecule is c1ccc(-c2ccc(N(c3ccc(-c4ccccc4-c4ccc5c(c4)c4ccccc4n5-c4cccc5sc6ccccc6c45)cc3)c3ccc4c(c3)C3(c5ccccc5-c5ccccc53)c3ccccc3-4)cc2)cc1. The summed E-state index contributed by atoms with van der Waals surface area (Å²) in [7, 11) is 0. The first-order valence-electron chi connectivity index (χ1n) is 26.2. The van der Waals surface area contributed by atoms with E-state index in [1.165, 1.54) is 126 Å². The van der Waals surface area contributed by atoms with E-state index in [0.717, 1.165) is 17.1 Å². The van der Waals surface area contributed by atoms with Crippen LogP contribution >= 0.6 is 11.3 Å². The molecule has 1 spiro atoms. The maximum Gasteiger partial charge on any atom is 0.0726 e. The summed E-state index contributed by atoms with van der Waals surface area (Å²) < 4.78 is 5.10. The van der Waals surface area contributed by atoms with Crippen molar-refractivity contribution >= 4 is 70.4 Å².